The van der Waals surface area contributed by atoms with Crippen LogP contribution in [0.4, 0.5) is 10.1 Å². The fourth-order valence-corrected chi connectivity index (χ4v) is 4.37. The van der Waals surface area contributed by atoms with Crippen molar-refractivity contribution in [2.75, 3.05) is 11.1 Å². The van der Waals surface area contributed by atoms with Crippen LogP contribution < -0.4 is 10.9 Å². The van der Waals surface area contributed by atoms with Gasteiger partial charge >= 0.3 is 0 Å². The minimum atomic E-state index is -0.424. The molecule has 0 saturated heterocycles. The second kappa shape index (κ2) is 8.87. The van der Waals surface area contributed by atoms with Gasteiger partial charge in [-0.05, 0) is 35.9 Å². The average molecular weight is 460 g/mol. The molecule has 2 aromatic heterocycles. The molecule has 0 fully saturated rings. The van der Waals surface area contributed by atoms with E-state index in [9.17, 15) is 14.0 Å². The van der Waals surface area contributed by atoms with Crippen LogP contribution in [0.5, 0.6) is 0 Å². The number of carbonyl (C=O) groups excluding carboxylic acids is 1. The van der Waals surface area contributed by atoms with Crippen molar-refractivity contribution >= 4 is 40.0 Å². The summed E-state index contributed by atoms with van der Waals surface area (Å²) in [5.74, 6) is -0.282. The number of nitrogens with zero attached hydrogens (tertiary/aromatic N) is 4. The van der Waals surface area contributed by atoms with Gasteiger partial charge in [-0.1, -0.05) is 60.3 Å². The van der Waals surface area contributed by atoms with E-state index in [-0.39, 0.29) is 17.2 Å². The van der Waals surface area contributed by atoms with E-state index in [4.69, 9.17) is 0 Å². The summed E-state index contributed by atoms with van der Waals surface area (Å²) < 4.78 is 16.7. The summed E-state index contributed by atoms with van der Waals surface area (Å²) >= 11 is 1.19. The lowest BCUT2D eigenvalue weighted by molar-refractivity contribution is -0.113. The molecule has 0 bridgehead atoms. The number of halogens is 1. The van der Waals surface area contributed by atoms with Crippen molar-refractivity contribution in [2.45, 2.75) is 11.7 Å². The van der Waals surface area contributed by atoms with Gasteiger partial charge in [0.25, 0.3) is 5.56 Å². The number of benzene rings is 3. The number of carbonyl (C=O) groups is 1. The lowest BCUT2D eigenvalue weighted by Crippen LogP contribution is -2.24. The topological polar surface area (TPSA) is 81.3 Å². The summed E-state index contributed by atoms with van der Waals surface area (Å²) in [6, 6.07) is 22.6. The zero-order chi connectivity index (χ0) is 22.8. The molecular weight excluding hydrogens is 441 g/mol. The Hall–Kier alpha value is -3.98. The van der Waals surface area contributed by atoms with E-state index in [1.54, 1.807) is 21.1 Å². The van der Waals surface area contributed by atoms with E-state index < -0.39 is 5.82 Å². The van der Waals surface area contributed by atoms with Crippen molar-refractivity contribution in [3.05, 3.63) is 101 Å². The summed E-state index contributed by atoms with van der Waals surface area (Å²) in [5, 5.41) is 12.2. The van der Waals surface area contributed by atoms with Gasteiger partial charge in [-0.25, -0.2) is 4.39 Å². The van der Waals surface area contributed by atoms with Gasteiger partial charge in [-0.3, -0.25) is 18.6 Å². The zero-order valence-electron chi connectivity index (χ0n) is 17.3. The molecule has 0 aliphatic carbocycles. The molecule has 0 atom stereocenters. The molecular formula is C24H18FN5O2S. The molecule has 3 aromatic carbocycles. The predicted molar refractivity (Wildman–Crippen MR) is 126 cm³/mol. The molecule has 0 spiro atoms. The monoisotopic (exact) mass is 459 g/mol. The highest BCUT2D eigenvalue weighted by Crippen LogP contribution is 2.22. The van der Waals surface area contributed by atoms with Gasteiger partial charge in [0.15, 0.2) is 5.16 Å². The summed E-state index contributed by atoms with van der Waals surface area (Å²) in [4.78, 5) is 25.6. The maximum absolute atomic E-state index is 13.4. The molecule has 0 aliphatic heterocycles. The van der Waals surface area contributed by atoms with Gasteiger partial charge in [-0.2, -0.15) is 0 Å². The smallest absolute Gasteiger partial charge is 0.263 e. The molecule has 7 nitrogen and oxygen atoms in total. The highest BCUT2D eigenvalue weighted by atomic mass is 32.2. The first-order valence-electron chi connectivity index (χ1n) is 10.2. The maximum atomic E-state index is 13.4. The number of anilines is 1. The van der Waals surface area contributed by atoms with E-state index in [0.717, 1.165) is 5.56 Å². The highest BCUT2D eigenvalue weighted by molar-refractivity contribution is 7.99. The quantitative estimate of drug-likeness (QED) is 0.389. The molecule has 2 heterocycles. The van der Waals surface area contributed by atoms with Crippen LogP contribution in [0.25, 0.3) is 16.7 Å². The standard InChI is InChI=1S/C24H18FN5O2S/c25-17-9-6-10-18(13-17)26-21(31)15-33-24-28-27-23-29(14-16-7-2-1-3-8-16)22(32)19-11-4-5-12-20(19)30(23)24/h1-13H,14-15H2,(H,26,31). The Bertz CT molecular complexity index is 1530. The van der Waals surface area contributed by atoms with Crippen molar-refractivity contribution < 1.29 is 9.18 Å². The number of nitrogens with one attached hydrogen (secondary N) is 1. The first-order valence-corrected chi connectivity index (χ1v) is 11.2. The third-order valence-electron chi connectivity index (χ3n) is 5.10. The van der Waals surface area contributed by atoms with Gasteiger partial charge in [0.05, 0.1) is 23.2 Å². The normalized spacial score (nSPS) is 11.2. The lowest BCUT2D eigenvalue weighted by atomic mass is 10.2. The van der Waals surface area contributed by atoms with Crippen LogP contribution in [-0.4, -0.2) is 30.8 Å². The number of hydrogen-bond donors (Lipinski definition) is 1. The number of amides is 1. The molecule has 5 aromatic rings. The summed E-state index contributed by atoms with van der Waals surface area (Å²) in [7, 11) is 0. The van der Waals surface area contributed by atoms with Crippen LogP contribution in [0.2, 0.25) is 0 Å². The molecule has 0 saturated carbocycles. The van der Waals surface area contributed by atoms with Crippen molar-refractivity contribution in [2.24, 2.45) is 0 Å². The Morgan fingerprint density at radius 3 is 2.58 bits per heavy atom. The SMILES string of the molecule is O=C(CSc1nnc2n(Cc3ccccc3)c(=O)c3ccccc3n12)Nc1cccc(F)c1. The Balaban J connectivity index is 1.50. The van der Waals surface area contributed by atoms with Crippen LogP contribution >= 0.6 is 11.8 Å². The number of hydrogen-bond acceptors (Lipinski definition) is 5. The Morgan fingerprint density at radius 2 is 1.76 bits per heavy atom. The average Bonchev–Trinajstić information content (AvgIpc) is 3.25. The van der Waals surface area contributed by atoms with Gasteiger partial charge in [0, 0.05) is 5.69 Å². The molecule has 33 heavy (non-hydrogen) atoms. The van der Waals surface area contributed by atoms with Gasteiger partial charge in [0.1, 0.15) is 5.82 Å². The van der Waals surface area contributed by atoms with Crippen LogP contribution in [0, 0.1) is 5.82 Å². The Labute approximate surface area is 191 Å². The third kappa shape index (κ3) is 4.22. The molecule has 0 unspecified atom stereocenters. The van der Waals surface area contributed by atoms with Crippen LogP contribution in [0.3, 0.4) is 0 Å². The second-order valence-electron chi connectivity index (χ2n) is 7.36. The molecule has 1 amide bonds. The van der Waals surface area contributed by atoms with Crippen molar-refractivity contribution in [1.82, 2.24) is 19.2 Å². The first kappa shape index (κ1) is 20.9. The van der Waals surface area contributed by atoms with E-state index in [1.807, 2.05) is 48.5 Å². The Morgan fingerprint density at radius 1 is 0.970 bits per heavy atom. The second-order valence-corrected chi connectivity index (χ2v) is 8.30. The number of rotatable bonds is 6. The molecule has 9 heteroatoms. The molecule has 5 rings (SSSR count). The fourth-order valence-electron chi connectivity index (χ4n) is 3.63. The Kier molecular flexibility index (Phi) is 5.62. The maximum Gasteiger partial charge on any atom is 0.263 e. The predicted octanol–water partition coefficient (Wildman–Crippen LogP) is 3.96. The van der Waals surface area contributed by atoms with Crippen molar-refractivity contribution in [3.8, 4) is 0 Å². The van der Waals surface area contributed by atoms with Gasteiger partial charge in [-0.15, -0.1) is 10.2 Å². The lowest BCUT2D eigenvalue weighted by Gasteiger charge is -2.11. The summed E-state index contributed by atoms with van der Waals surface area (Å²) in [6.45, 7) is 0.344. The van der Waals surface area contributed by atoms with Gasteiger partial charge in [0.2, 0.25) is 11.7 Å². The highest BCUT2D eigenvalue weighted by Gasteiger charge is 2.18. The number of thioether (sulfide) groups is 1. The molecule has 0 aliphatic rings. The van der Waals surface area contributed by atoms with Crippen molar-refractivity contribution in [1.29, 1.82) is 0 Å². The van der Waals surface area contributed by atoms with Crippen LogP contribution in [-0.2, 0) is 11.3 Å². The summed E-state index contributed by atoms with van der Waals surface area (Å²) in [6.07, 6.45) is 0. The van der Waals surface area contributed by atoms with Crippen molar-refractivity contribution in [3.63, 3.8) is 0 Å². The first-order chi connectivity index (χ1) is 16.1. The largest absolute Gasteiger partial charge is 0.325 e. The minimum Gasteiger partial charge on any atom is -0.325 e. The summed E-state index contributed by atoms with van der Waals surface area (Å²) in [5.41, 5.74) is 1.85. The zero-order valence-corrected chi connectivity index (χ0v) is 18.1. The molecule has 164 valence electrons. The van der Waals surface area contributed by atoms with E-state index in [2.05, 4.69) is 15.5 Å². The van der Waals surface area contributed by atoms with E-state index >= 15 is 0 Å². The van der Waals surface area contributed by atoms with Gasteiger partial charge < -0.3 is 5.32 Å². The molecule has 1 N–H and O–H groups in total. The van der Waals surface area contributed by atoms with E-state index in [0.29, 0.717) is 34.1 Å². The fraction of sp³-hybridized carbons (Fsp3) is 0.0833. The van der Waals surface area contributed by atoms with Crippen LogP contribution in [0.15, 0.2) is 88.8 Å². The molecule has 0 radical (unpaired) electrons. The minimum absolute atomic E-state index is 0.0451. The number of para-hydroxylation sites is 1. The van der Waals surface area contributed by atoms with Crippen LogP contribution in [0.1, 0.15) is 5.56 Å². The third-order valence-corrected chi connectivity index (χ3v) is 6.03. The number of fused-ring (bicyclic) bond motifs is 3. The van der Waals surface area contributed by atoms with E-state index in [1.165, 1.54) is 30.0 Å². The number of aromatic nitrogens is 4.